The van der Waals surface area contributed by atoms with E-state index >= 15 is 0 Å². The maximum absolute atomic E-state index is 12.2. The van der Waals surface area contributed by atoms with Crippen LogP contribution >= 0.6 is 0 Å². The van der Waals surface area contributed by atoms with Crippen molar-refractivity contribution in [2.24, 2.45) is 5.73 Å². The summed E-state index contributed by atoms with van der Waals surface area (Å²) in [4.78, 5) is 24.5. The Kier molecular flexibility index (Phi) is 4.01. The van der Waals surface area contributed by atoms with Crippen LogP contribution in [0.5, 0.6) is 0 Å². The topological polar surface area (TPSA) is 95.7 Å². The molecular weight excluding hydrogens is 246 g/mol. The van der Waals surface area contributed by atoms with Gasteiger partial charge in [-0.2, -0.15) is 0 Å². The van der Waals surface area contributed by atoms with Crippen LogP contribution in [0.25, 0.3) is 0 Å². The van der Waals surface area contributed by atoms with E-state index in [1.165, 1.54) is 0 Å². The van der Waals surface area contributed by atoms with Crippen molar-refractivity contribution in [1.29, 1.82) is 0 Å². The number of rotatable bonds is 2. The van der Waals surface area contributed by atoms with E-state index in [0.717, 1.165) is 12.8 Å². The number of carbonyl (C=O) groups excluding carboxylic acids is 2. The van der Waals surface area contributed by atoms with Gasteiger partial charge in [-0.1, -0.05) is 0 Å². The van der Waals surface area contributed by atoms with Crippen LogP contribution in [0.1, 0.15) is 23.2 Å². The summed E-state index contributed by atoms with van der Waals surface area (Å²) in [6.45, 7) is 1.04. The quantitative estimate of drug-likeness (QED) is 0.735. The average Bonchev–Trinajstić information content (AvgIpc) is 2.38. The first-order chi connectivity index (χ1) is 9.06. The van der Waals surface area contributed by atoms with E-state index in [0.29, 0.717) is 24.3 Å². The van der Waals surface area contributed by atoms with E-state index in [-0.39, 0.29) is 5.91 Å². The summed E-state index contributed by atoms with van der Waals surface area (Å²) in [6, 6.07) is 5.87. The van der Waals surface area contributed by atoms with Crippen LogP contribution in [-0.2, 0) is 0 Å². The number of β-amino-alcohol motifs (C(OH)–C–C–N with tert-alkyl or cyclic N) is 1. The van der Waals surface area contributed by atoms with Crippen molar-refractivity contribution in [2.75, 3.05) is 18.4 Å². The molecule has 1 fully saturated rings. The highest BCUT2D eigenvalue weighted by atomic mass is 16.3. The van der Waals surface area contributed by atoms with E-state index in [2.05, 4.69) is 5.32 Å². The molecule has 102 valence electrons. The van der Waals surface area contributed by atoms with Crippen molar-refractivity contribution in [1.82, 2.24) is 4.90 Å². The van der Waals surface area contributed by atoms with Crippen LogP contribution in [0, 0.1) is 0 Å². The van der Waals surface area contributed by atoms with Crippen molar-refractivity contribution >= 4 is 17.6 Å². The van der Waals surface area contributed by atoms with Crippen molar-refractivity contribution < 1.29 is 14.7 Å². The molecular formula is C13H17N3O3. The van der Waals surface area contributed by atoms with Gasteiger partial charge in [-0.05, 0) is 37.1 Å². The highest BCUT2D eigenvalue weighted by Gasteiger charge is 2.22. The van der Waals surface area contributed by atoms with Gasteiger partial charge in [0.2, 0.25) is 0 Å². The smallest absolute Gasteiger partial charge is 0.316 e. The van der Waals surface area contributed by atoms with Gasteiger partial charge in [0.15, 0.2) is 0 Å². The number of hydrogen-bond donors (Lipinski definition) is 3. The second kappa shape index (κ2) is 5.71. The summed E-state index contributed by atoms with van der Waals surface area (Å²) in [5.74, 6) is -0.107. The largest absolute Gasteiger partial charge is 0.391 e. The molecule has 1 aliphatic rings. The minimum atomic E-state index is -0.641. The normalized spacial score (nSPS) is 19.0. The van der Waals surface area contributed by atoms with Gasteiger partial charge in [0.1, 0.15) is 0 Å². The molecule has 0 bridgehead atoms. The Morgan fingerprint density at radius 2 is 2.00 bits per heavy atom. The molecule has 0 saturated carbocycles. The Bertz CT molecular complexity index is 473. The molecule has 1 saturated heterocycles. The summed E-state index contributed by atoms with van der Waals surface area (Å²) in [6.07, 6.45) is 1.12. The number of urea groups is 1. The number of anilines is 1. The maximum Gasteiger partial charge on any atom is 0.316 e. The van der Waals surface area contributed by atoms with Crippen LogP contribution < -0.4 is 11.1 Å². The van der Waals surface area contributed by atoms with Crippen LogP contribution in [0.3, 0.4) is 0 Å². The molecule has 1 aromatic carbocycles. The molecule has 1 heterocycles. The zero-order chi connectivity index (χ0) is 13.8. The second-order valence-corrected chi connectivity index (χ2v) is 4.61. The van der Waals surface area contributed by atoms with Gasteiger partial charge < -0.3 is 21.1 Å². The Morgan fingerprint density at radius 1 is 1.32 bits per heavy atom. The zero-order valence-corrected chi connectivity index (χ0v) is 10.5. The van der Waals surface area contributed by atoms with Crippen molar-refractivity contribution in [3.05, 3.63) is 29.8 Å². The fourth-order valence-corrected chi connectivity index (χ4v) is 2.16. The monoisotopic (exact) mass is 263 g/mol. The molecule has 1 aromatic rings. The maximum atomic E-state index is 12.2. The predicted molar refractivity (Wildman–Crippen MR) is 70.8 cm³/mol. The predicted octanol–water partition coefficient (Wildman–Crippen LogP) is 0.774. The third kappa shape index (κ3) is 3.45. The van der Waals surface area contributed by atoms with Gasteiger partial charge >= 0.3 is 6.03 Å². The minimum Gasteiger partial charge on any atom is -0.391 e. The molecule has 1 atom stereocenters. The Hall–Kier alpha value is -2.08. The minimum absolute atomic E-state index is 0.107. The molecule has 0 aliphatic carbocycles. The first-order valence-corrected chi connectivity index (χ1v) is 6.20. The number of carbonyl (C=O) groups is 2. The summed E-state index contributed by atoms with van der Waals surface area (Å²) < 4.78 is 0. The Balaban J connectivity index is 2.04. The Labute approximate surface area is 111 Å². The van der Waals surface area contributed by atoms with Gasteiger partial charge in [-0.25, -0.2) is 4.79 Å². The van der Waals surface area contributed by atoms with Crippen LogP contribution in [0.2, 0.25) is 0 Å². The standard InChI is InChI=1S/C13H17N3O3/c14-13(19)15-10-5-3-9(4-6-10)12(18)16-7-1-2-11(17)8-16/h3-6,11,17H,1-2,7-8H2,(H3,14,15,19). The molecule has 6 nitrogen and oxygen atoms in total. The third-order valence-electron chi connectivity index (χ3n) is 3.08. The number of likely N-dealkylation sites (tertiary alicyclic amines) is 1. The van der Waals surface area contributed by atoms with E-state index in [4.69, 9.17) is 5.73 Å². The lowest BCUT2D eigenvalue weighted by Crippen LogP contribution is -2.42. The second-order valence-electron chi connectivity index (χ2n) is 4.61. The van der Waals surface area contributed by atoms with Crippen LogP contribution in [0.15, 0.2) is 24.3 Å². The lowest BCUT2D eigenvalue weighted by molar-refractivity contribution is 0.0474. The molecule has 0 spiro atoms. The van der Waals surface area contributed by atoms with Gasteiger partial charge in [0.05, 0.1) is 6.10 Å². The molecule has 0 radical (unpaired) electrons. The van der Waals surface area contributed by atoms with E-state index in [9.17, 15) is 14.7 Å². The summed E-state index contributed by atoms with van der Waals surface area (Å²) in [5.41, 5.74) is 6.08. The fourth-order valence-electron chi connectivity index (χ4n) is 2.16. The van der Waals surface area contributed by atoms with E-state index in [1.807, 2.05) is 0 Å². The van der Waals surface area contributed by atoms with Gasteiger partial charge in [-0.3, -0.25) is 4.79 Å². The molecule has 3 amide bonds. The molecule has 2 rings (SSSR count). The van der Waals surface area contributed by atoms with Crippen molar-refractivity contribution in [3.63, 3.8) is 0 Å². The molecule has 19 heavy (non-hydrogen) atoms. The fraction of sp³-hybridized carbons (Fsp3) is 0.385. The average molecular weight is 263 g/mol. The van der Waals surface area contributed by atoms with E-state index in [1.54, 1.807) is 29.2 Å². The van der Waals surface area contributed by atoms with Gasteiger partial charge in [-0.15, -0.1) is 0 Å². The van der Waals surface area contributed by atoms with E-state index < -0.39 is 12.1 Å². The number of aliphatic hydroxyl groups is 1. The number of nitrogens with zero attached hydrogens (tertiary/aromatic N) is 1. The summed E-state index contributed by atoms with van der Waals surface area (Å²) in [5, 5.41) is 12.0. The number of piperidine rings is 1. The van der Waals surface area contributed by atoms with Gasteiger partial charge in [0, 0.05) is 24.3 Å². The number of primary amides is 1. The lowest BCUT2D eigenvalue weighted by Gasteiger charge is -2.30. The highest BCUT2D eigenvalue weighted by Crippen LogP contribution is 2.15. The number of nitrogens with one attached hydrogen (secondary N) is 1. The first kappa shape index (κ1) is 13.4. The molecule has 6 heteroatoms. The number of hydrogen-bond acceptors (Lipinski definition) is 3. The number of aliphatic hydroxyl groups excluding tert-OH is 1. The zero-order valence-electron chi connectivity index (χ0n) is 10.5. The first-order valence-electron chi connectivity index (χ1n) is 6.20. The molecule has 0 aromatic heterocycles. The van der Waals surface area contributed by atoms with Gasteiger partial charge in [0.25, 0.3) is 5.91 Å². The molecule has 1 aliphatic heterocycles. The highest BCUT2D eigenvalue weighted by molar-refractivity contribution is 5.95. The SMILES string of the molecule is NC(=O)Nc1ccc(C(=O)N2CCCC(O)C2)cc1. The number of benzene rings is 1. The third-order valence-corrected chi connectivity index (χ3v) is 3.08. The molecule has 4 N–H and O–H groups in total. The van der Waals surface area contributed by atoms with Crippen LogP contribution in [0.4, 0.5) is 10.5 Å². The van der Waals surface area contributed by atoms with Crippen molar-refractivity contribution in [2.45, 2.75) is 18.9 Å². The number of amides is 3. The summed E-state index contributed by atoms with van der Waals surface area (Å²) in [7, 11) is 0. The number of nitrogens with two attached hydrogens (primary N) is 1. The Morgan fingerprint density at radius 3 is 2.58 bits per heavy atom. The lowest BCUT2D eigenvalue weighted by atomic mass is 10.1. The van der Waals surface area contributed by atoms with Crippen molar-refractivity contribution in [3.8, 4) is 0 Å². The molecule has 1 unspecified atom stereocenters. The summed E-state index contributed by atoms with van der Waals surface area (Å²) >= 11 is 0. The van der Waals surface area contributed by atoms with Crippen LogP contribution in [-0.4, -0.2) is 41.1 Å².